The van der Waals surface area contributed by atoms with E-state index in [2.05, 4.69) is 28.9 Å². The number of ether oxygens (including phenoxy) is 2. The average Bonchev–Trinajstić information content (AvgIpc) is 2.94. The molecule has 2 aliphatic heterocycles. The third kappa shape index (κ3) is 3.01. The lowest BCUT2D eigenvalue weighted by Crippen LogP contribution is -2.54. The molecule has 2 aliphatic rings. The number of benzene rings is 1. The Kier molecular flexibility index (Phi) is 4.36. The smallest absolute Gasteiger partial charge is 0.161 e. The molecule has 2 heterocycles. The van der Waals surface area contributed by atoms with Crippen LogP contribution in [-0.2, 0) is 6.54 Å². The van der Waals surface area contributed by atoms with Crippen LogP contribution < -0.4 is 9.47 Å². The molecule has 0 radical (unpaired) electrons. The molecule has 1 aromatic carbocycles. The number of hydrogen-bond acceptors (Lipinski definition) is 4. The van der Waals surface area contributed by atoms with E-state index in [4.69, 9.17) is 9.47 Å². The van der Waals surface area contributed by atoms with E-state index in [0.717, 1.165) is 24.1 Å². The van der Waals surface area contributed by atoms with Gasteiger partial charge in [-0.25, -0.2) is 0 Å². The van der Waals surface area contributed by atoms with Crippen LogP contribution in [0.3, 0.4) is 0 Å². The van der Waals surface area contributed by atoms with Crippen molar-refractivity contribution in [2.24, 2.45) is 0 Å². The number of hydrogen-bond donors (Lipinski definition) is 0. The van der Waals surface area contributed by atoms with Crippen molar-refractivity contribution >= 4 is 0 Å². The minimum Gasteiger partial charge on any atom is -0.493 e. The second-order valence-electron chi connectivity index (χ2n) is 6.26. The lowest BCUT2D eigenvalue weighted by Gasteiger charge is -2.42. The van der Waals surface area contributed by atoms with Crippen LogP contribution in [0.1, 0.15) is 25.3 Å². The summed E-state index contributed by atoms with van der Waals surface area (Å²) in [6, 6.07) is 7.64. The molecule has 2 fully saturated rings. The zero-order chi connectivity index (χ0) is 14.8. The molecule has 0 amide bonds. The highest BCUT2D eigenvalue weighted by Gasteiger charge is 2.34. The molecule has 0 N–H and O–H groups in total. The van der Waals surface area contributed by atoms with Gasteiger partial charge in [0.15, 0.2) is 11.5 Å². The van der Waals surface area contributed by atoms with Gasteiger partial charge in [0.1, 0.15) is 0 Å². The van der Waals surface area contributed by atoms with Gasteiger partial charge in [-0.1, -0.05) is 6.07 Å². The zero-order valence-electron chi connectivity index (χ0n) is 13.3. The molecule has 4 nitrogen and oxygen atoms in total. The van der Waals surface area contributed by atoms with E-state index in [1.54, 1.807) is 14.2 Å². The third-order valence-electron chi connectivity index (χ3n) is 4.90. The second kappa shape index (κ2) is 6.24. The van der Waals surface area contributed by atoms with E-state index in [0.29, 0.717) is 6.04 Å². The summed E-state index contributed by atoms with van der Waals surface area (Å²) in [4.78, 5) is 5.27. The molecule has 2 atom stereocenters. The van der Waals surface area contributed by atoms with Crippen LogP contribution in [-0.4, -0.2) is 55.7 Å². The maximum Gasteiger partial charge on any atom is 0.161 e. The quantitative estimate of drug-likeness (QED) is 0.850. The minimum atomic E-state index is 0.618. The molecule has 0 bridgehead atoms. The molecule has 0 aliphatic carbocycles. The molecule has 3 rings (SSSR count). The largest absolute Gasteiger partial charge is 0.493 e. The summed E-state index contributed by atoms with van der Waals surface area (Å²) in [6.07, 6.45) is 2.72. The summed E-state index contributed by atoms with van der Waals surface area (Å²) < 4.78 is 10.7. The standard InChI is InChI=1S/C17H26N2O2/c1-13-10-18-8-4-5-15(18)12-19(13)11-14-6-7-16(20-2)17(9-14)21-3/h6-7,9,13,15H,4-5,8,10-12H2,1-3H3/t13-,15+/m1/s1. The first-order chi connectivity index (χ1) is 10.2. The molecule has 4 heteroatoms. The normalized spacial score (nSPS) is 26.6. The fraction of sp³-hybridized carbons (Fsp3) is 0.647. The van der Waals surface area contributed by atoms with E-state index in [9.17, 15) is 0 Å². The van der Waals surface area contributed by atoms with Crippen molar-refractivity contribution in [1.82, 2.24) is 9.80 Å². The van der Waals surface area contributed by atoms with Gasteiger partial charge >= 0.3 is 0 Å². The van der Waals surface area contributed by atoms with Crippen molar-refractivity contribution in [3.63, 3.8) is 0 Å². The van der Waals surface area contributed by atoms with Gasteiger partial charge in [-0.15, -0.1) is 0 Å². The van der Waals surface area contributed by atoms with E-state index >= 15 is 0 Å². The van der Waals surface area contributed by atoms with Crippen LogP contribution in [0, 0.1) is 0 Å². The number of nitrogens with zero attached hydrogens (tertiary/aromatic N) is 2. The highest BCUT2D eigenvalue weighted by Crippen LogP contribution is 2.30. The van der Waals surface area contributed by atoms with Crippen LogP contribution in [0.5, 0.6) is 11.5 Å². The van der Waals surface area contributed by atoms with Crippen molar-refractivity contribution in [2.45, 2.75) is 38.4 Å². The Morgan fingerprint density at radius 1 is 1.14 bits per heavy atom. The van der Waals surface area contributed by atoms with E-state index in [-0.39, 0.29) is 0 Å². The Morgan fingerprint density at radius 2 is 1.95 bits per heavy atom. The van der Waals surface area contributed by atoms with Crippen LogP contribution in [0.15, 0.2) is 18.2 Å². The minimum absolute atomic E-state index is 0.618. The summed E-state index contributed by atoms with van der Waals surface area (Å²) in [5.74, 6) is 1.62. The lowest BCUT2D eigenvalue weighted by molar-refractivity contribution is 0.0540. The molecule has 1 aromatic rings. The van der Waals surface area contributed by atoms with Crippen LogP contribution in [0.4, 0.5) is 0 Å². The Morgan fingerprint density at radius 3 is 2.71 bits per heavy atom. The second-order valence-corrected chi connectivity index (χ2v) is 6.26. The fourth-order valence-electron chi connectivity index (χ4n) is 3.68. The predicted molar refractivity (Wildman–Crippen MR) is 84.0 cm³/mol. The molecular formula is C17H26N2O2. The van der Waals surface area contributed by atoms with Gasteiger partial charge in [0.2, 0.25) is 0 Å². The summed E-state index contributed by atoms with van der Waals surface area (Å²) in [5.41, 5.74) is 1.30. The summed E-state index contributed by atoms with van der Waals surface area (Å²) >= 11 is 0. The fourth-order valence-corrected chi connectivity index (χ4v) is 3.68. The van der Waals surface area contributed by atoms with Gasteiger partial charge < -0.3 is 9.47 Å². The van der Waals surface area contributed by atoms with Crippen molar-refractivity contribution in [3.05, 3.63) is 23.8 Å². The van der Waals surface area contributed by atoms with Gasteiger partial charge in [-0.05, 0) is 44.0 Å². The zero-order valence-corrected chi connectivity index (χ0v) is 13.3. The number of fused-ring (bicyclic) bond motifs is 1. The summed E-state index contributed by atoms with van der Waals surface area (Å²) in [5, 5.41) is 0. The molecule has 0 unspecified atom stereocenters. The van der Waals surface area contributed by atoms with Gasteiger partial charge in [0, 0.05) is 31.7 Å². The van der Waals surface area contributed by atoms with Crippen LogP contribution in [0.25, 0.3) is 0 Å². The van der Waals surface area contributed by atoms with Gasteiger partial charge in [0.05, 0.1) is 14.2 Å². The highest BCUT2D eigenvalue weighted by atomic mass is 16.5. The monoisotopic (exact) mass is 290 g/mol. The van der Waals surface area contributed by atoms with Gasteiger partial charge in [-0.2, -0.15) is 0 Å². The lowest BCUT2D eigenvalue weighted by atomic mass is 10.1. The number of piperazine rings is 1. The molecular weight excluding hydrogens is 264 g/mol. The number of methoxy groups -OCH3 is 2. The van der Waals surface area contributed by atoms with Crippen molar-refractivity contribution in [1.29, 1.82) is 0 Å². The number of rotatable bonds is 4. The van der Waals surface area contributed by atoms with E-state index in [1.165, 1.54) is 38.0 Å². The molecule has 0 aromatic heterocycles. The molecule has 116 valence electrons. The highest BCUT2D eigenvalue weighted by molar-refractivity contribution is 5.42. The van der Waals surface area contributed by atoms with Gasteiger partial charge in [-0.3, -0.25) is 9.80 Å². The van der Waals surface area contributed by atoms with Crippen molar-refractivity contribution in [3.8, 4) is 11.5 Å². The Bertz CT molecular complexity index is 492. The summed E-state index contributed by atoms with van der Waals surface area (Å²) in [6.45, 7) is 7.02. The average molecular weight is 290 g/mol. The maximum atomic E-state index is 5.41. The topological polar surface area (TPSA) is 24.9 Å². The SMILES string of the molecule is COc1ccc(CN2C[C@@H]3CCCN3C[C@H]2C)cc1OC. The van der Waals surface area contributed by atoms with Crippen LogP contribution in [0.2, 0.25) is 0 Å². The molecule has 0 saturated carbocycles. The Balaban J connectivity index is 1.70. The van der Waals surface area contributed by atoms with E-state index in [1.807, 2.05) is 6.07 Å². The van der Waals surface area contributed by atoms with Crippen LogP contribution >= 0.6 is 0 Å². The van der Waals surface area contributed by atoms with E-state index < -0.39 is 0 Å². The Hall–Kier alpha value is -1.26. The maximum absolute atomic E-state index is 5.41. The molecule has 21 heavy (non-hydrogen) atoms. The molecule has 0 spiro atoms. The predicted octanol–water partition coefficient (Wildman–Crippen LogP) is 2.37. The summed E-state index contributed by atoms with van der Waals surface area (Å²) in [7, 11) is 3.38. The van der Waals surface area contributed by atoms with Gasteiger partial charge in [0.25, 0.3) is 0 Å². The Labute approximate surface area is 127 Å². The third-order valence-corrected chi connectivity index (χ3v) is 4.90. The molecule has 2 saturated heterocycles. The van der Waals surface area contributed by atoms with Crippen molar-refractivity contribution < 1.29 is 9.47 Å². The van der Waals surface area contributed by atoms with Crippen molar-refractivity contribution in [2.75, 3.05) is 33.9 Å². The first-order valence-corrected chi connectivity index (χ1v) is 7.90. The first kappa shape index (κ1) is 14.7. The first-order valence-electron chi connectivity index (χ1n) is 7.90.